The van der Waals surface area contributed by atoms with Gasteiger partial charge in [0.2, 0.25) is 0 Å². The fourth-order valence-electron chi connectivity index (χ4n) is 3.59. The Bertz CT molecular complexity index is 950. The van der Waals surface area contributed by atoms with Crippen LogP contribution in [-0.2, 0) is 9.53 Å². The van der Waals surface area contributed by atoms with Gasteiger partial charge in [0.25, 0.3) is 5.91 Å². The van der Waals surface area contributed by atoms with Crippen LogP contribution in [0.3, 0.4) is 0 Å². The van der Waals surface area contributed by atoms with E-state index in [1.165, 1.54) is 0 Å². The molecule has 1 amide bonds. The molecule has 5 heteroatoms. The highest BCUT2D eigenvalue weighted by molar-refractivity contribution is 5.88. The second-order valence-corrected chi connectivity index (χ2v) is 6.99. The number of piperidine rings is 1. The first-order chi connectivity index (χ1) is 13.7. The summed E-state index contributed by atoms with van der Waals surface area (Å²) in [5.74, 6) is 0.696. The Morgan fingerprint density at radius 2 is 1.79 bits per heavy atom. The molecule has 28 heavy (non-hydrogen) atoms. The summed E-state index contributed by atoms with van der Waals surface area (Å²) in [4.78, 5) is 19.2. The maximum absolute atomic E-state index is 12.6. The molecule has 1 aliphatic heterocycles. The van der Waals surface area contributed by atoms with E-state index in [2.05, 4.69) is 0 Å². The molecule has 2 aromatic carbocycles. The summed E-state index contributed by atoms with van der Waals surface area (Å²) in [6.45, 7) is 1.46. The van der Waals surface area contributed by atoms with Gasteiger partial charge in [-0.15, -0.1) is 0 Å². The lowest BCUT2D eigenvalue weighted by molar-refractivity contribution is -0.135. The molecule has 1 aliphatic rings. The number of aromatic nitrogens is 1. The minimum absolute atomic E-state index is 0.0108. The molecular weight excluding hydrogens is 352 g/mol. The molecule has 0 aliphatic carbocycles. The van der Waals surface area contributed by atoms with Crippen LogP contribution in [0.4, 0.5) is 0 Å². The van der Waals surface area contributed by atoms with Crippen molar-refractivity contribution in [3.63, 3.8) is 0 Å². The zero-order valence-electron chi connectivity index (χ0n) is 16.0. The first-order valence-electron chi connectivity index (χ1n) is 9.63. The third-order valence-corrected chi connectivity index (χ3v) is 5.23. The zero-order chi connectivity index (χ0) is 19.3. The van der Waals surface area contributed by atoms with Crippen LogP contribution in [0.15, 0.2) is 60.7 Å². The Morgan fingerprint density at radius 3 is 2.54 bits per heavy atom. The SMILES string of the molecule is COC1CCN(C(=O)COc2cc(-c3ccccc3)nc3ccccc23)CC1. The van der Waals surface area contributed by atoms with E-state index in [4.69, 9.17) is 14.5 Å². The lowest BCUT2D eigenvalue weighted by Crippen LogP contribution is -2.42. The van der Waals surface area contributed by atoms with Crippen molar-refractivity contribution < 1.29 is 14.3 Å². The van der Waals surface area contributed by atoms with Crippen molar-refractivity contribution in [2.45, 2.75) is 18.9 Å². The number of benzene rings is 2. The smallest absolute Gasteiger partial charge is 0.260 e. The molecule has 0 N–H and O–H groups in total. The highest BCUT2D eigenvalue weighted by Crippen LogP contribution is 2.30. The Morgan fingerprint density at radius 1 is 1.07 bits per heavy atom. The van der Waals surface area contributed by atoms with Crippen LogP contribution in [0.25, 0.3) is 22.2 Å². The summed E-state index contributed by atoms with van der Waals surface area (Å²) >= 11 is 0. The topological polar surface area (TPSA) is 51.7 Å². The van der Waals surface area contributed by atoms with Gasteiger partial charge in [-0.1, -0.05) is 42.5 Å². The Labute approximate surface area is 164 Å². The predicted molar refractivity (Wildman–Crippen MR) is 109 cm³/mol. The minimum Gasteiger partial charge on any atom is -0.483 e. The number of ether oxygens (including phenoxy) is 2. The first kappa shape index (κ1) is 18.4. The lowest BCUT2D eigenvalue weighted by Gasteiger charge is -2.31. The van der Waals surface area contributed by atoms with Gasteiger partial charge < -0.3 is 14.4 Å². The normalized spacial score (nSPS) is 15.0. The minimum atomic E-state index is 0.0108. The van der Waals surface area contributed by atoms with Gasteiger partial charge in [-0.2, -0.15) is 0 Å². The van der Waals surface area contributed by atoms with Crippen LogP contribution in [0.1, 0.15) is 12.8 Å². The zero-order valence-corrected chi connectivity index (χ0v) is 16.0. The molecule has 1 aromatic heterocycles. The van der Waals surface area contributed by atoms with Crippen molar-refractivity contribution in [2.24, 2.45) is 0 Å². The van der Waals surface area contributed by atoms with Crippen LogP contribution in [0.5, 0.6) is 5.75 Å². The number of carbonyl (C=O) groups is 1. The molecule has 0 radical (unpaired) electrons. The molecular formula is C23H24N2O3. The number of hydrogen-bond acceptors (Lipinski definition) is 4. The Balaban J connectivity index is 1.54. The summed E-state index contributed by atoms with van der Waals surface area (Å²) in [5.41, 5.74) is 2.71. The average molecular weight is 376 g/mol. The lowest BCUT2D eigenvalue weighted by atomic mass is 10.1. The largest absolute Gasteiger partial charge is 0.483 e. The molecule has 2 heterocycles. The number of fused-ring (bicyclic) bond motifs is 1. The first-order valence-corrected chi connectivity index (χ1v) is 9.63. The second-order valence-electron chi connectivity index (χ2n) is 6.99. The van der Waals surface area contributed by atoms with Crippen molar-refractivity contribution in [3.8, 4) is 17.0 Å². The van der Waals surface area contributed by atoms with Gasteiger partial charge in [-0.05, 0) is 25.0 Å². The summed E-state index contributed by atoms with van der Waals surface area (Å²) in [5, 5.41) is 0.910. The van der Waals surface area contributed by atoms with E-state index >= 15 is 0 Å². The van der Waals surface area contributed by atoms with Crippen LogP contribution in [0, 0.1) is 0 Å². The molecule has 5 nitrogen and oxygen atoms in total. The molecule has 0 unspecified atom stereocenters. The molecule has 0 spiro atoms. The van der Waals surface area contributed by atoms with Gasteiger partial charge in [-0.3, -0.25) is 4.79 Å². The van der Waals surface area contributed by atoms with E-state index < -0.39 is 0 Å². The number of likely N-dealkylation sites (tertiary alicyclic amines) is 1. The number of carbonyl (C=O) groups excluding carboxylic acids is 1. The highest BCUT2D eigenvalue weighted by Gasteiger charge is 2.23. The van der Waals surface area contributed by atoms with E-state index in [1.807, 2.05) is 65.6 Å². The molecule has 1 fully saturated rings. The third-order valence-electron chi connectivity index (χ3n) is 5.23. The predicted octanol–water partition coefficient (Wildman–Crippen LogP) is 3.92. The Hall–Kier alpha value is -2.92. The molecule has 4 rings (SSSR count). The van der Waals surface area contributed by atoms with Gasteiger partial charge in [-0.25, -0.2) is 4.98 Å². The number of para-hydroxylation sites is 1. The van der Waals surface area contributed by atoms with E-state index in [0.717, 1.165) is 35.0 Å². The van der Waals surface area contributed by atoms with E-state index in [-0.39, 0.29) is 18.6 Å². The van der Waals surface area contributed by atoms with Gasteiger partial charge in [0.05, 0.1) is 17.3 Å². The highest BCUT2D eigenvalue weighted by atomic mass is 16.5. The number of methoxy groups -OCH3 is 1. The summed E-state index contributed by atoms with van der Waals surface area (Å²) in [6.07, 6.45) is 2.00. The monoisotopic (exact) mass is 376 g/mol. The number of hydrogen-bond donors (Lipinski definition) is 0. The summed E-state index contributed by atoms with van der Waals surface area (Å²) < 4.78 is 11.4. The molecule has 3 aromatic rings. The molecule has 0 atom stereocenters. The fraction of sp³-hybridized carbons (Fsp3) is 0.304. The van der Waals surface area contributed by atoms with E-state index in [9.17, 15) is 4.79 Å². The maximum Gasteiger partial charge on any atom is 0.260 e. The fourth-order valence-corrected chi connectivity index (χ4v) is 3.59. The van der Waals surface area contributed by atoms with Gasteiger partial charge in [0.1, 0.15) is 5.75 Å². The Kier molecular flexibility index (Phi) is 5.53. The maximum atomic E-state index is 12.6. The van der Waals surface area contributed by atoms with Gasteiger partial charge in [0, 0.05) is 37.2 Å². The van der Waals surface area contributed by atoms with Crippen molar-refractivity contribution in [1.29, 1.82) is 0 Å². The van der Waals surface area contributed by atoms with Crippen LogP contribution >= 0.6 is 0 Å². The number of nitrogens with zero attached hydrogens (tertiary/aromatic N) is 2. The average Bonchev–Trinajstić information content (AvgIpc) is 2.77. The number of rotatable bonds is 5. The van der Waals surface area contributed by atoms with Crippen molar-refractivity contribution >= 4 is 16.8 Å². The van der Waals surface area contributed by atoms with Crippen LogP contribution < -0.4 is 4.74 Å². The van der Waals surface area contributed by atoms with Gasteiger partial charge >= 0.3 is 0 Å². The molecule has 144 valence electrons. The van der Waals surface area contributed by atoms with Crippen molar-refractivity contribution in [2.75, 3.05) is 26.8 Å². The second kappa shape index (κ2) is 8.40. The molecule has 1 saturated heterocycles. The molecule has 0 bridgehead atoms. The van der Waals surface area contributed by atoms with E-state index in [0.29, 0.717) is 18.8 Å². The summed E-state index contributed by atoms with van der Waals surface area (Å²) in [6, 6.07) is 19.8. The number of amides is 1. The van der Waals surface area contributed by atoms with E-state index in [1.54, 1.807) is 7.11 Å². The van der Waals surface area contributed by atoms with Crippen molar-refractivity contribution in [1.82, 2.24) is 9.88 Å². The van der Waals surface area contributed by atoms with Crippen LogP contribution in [0.2, 0.25) is 0 Å². The quantitative estimate of drug-likeness (QED) is 0.677. The third kappa shape index (κ3) is 3.99. The van der Waals surface area contributed by atoms with Crippen molar-refractivity contribution in [3.05, 3.63) is 60.7 Å². The summed E-state index contributed by atoms with van der Waals surface area (Å²) in [7, 11) is 1.73. The number of pyridine rings is 1. The standard InChI is InChI=1S/C23H24N2O3/c1-27-18-11-13-25(14-12-18)23(26)16-28-22-15-21(17-7-3-2-4-8-17)24-20-10-6-5-9-19(20)22/h2-10,15,18H,11-14,16H2,1H3. The van der Waals surface area contributed by atoms with Gasteiger partial charge in [0.15, 0.2) is 6.61 Å². The molecule has 0 saturated carbocycles. The van der Waals surface area contributed by atoms with Crippen LogP contribution in [-0.4, -0.2) is 48.7 Å².